The van der Waals surface area contributed by atoms with Crippen LogP contribution in [0.15, 0.2) is 42.7 Å². The molecule has 1 aliphatic carbocycles. The fourth-order valence-electron chi connectivity index (χ4n) is 4.99. The third-order valence-corrected chi connectivity index (χ3v) is 8.46. The van der Waals surface area contributed by atoms with Gasteiger partial charge >= 0.3 is 0 Å². The van der Waals surface area contributed by atoms with Gasteiger partial charge in [-0.25, -0.2) is 8.42 Å². The first-order valence-electron chi connectivity index (χ1n) is 12.3. The van der Waals surface area contributed by atoms with Gasteiger partial charge in [-0.2, -0.15) is 9.40 Å². The van der Waals surface area contributed by atoms with E-state index in [1.165, 1.54) is 23.4 Å². The maximum absolute atomic E-state index is 11.8. The Labute approximate surface area is 205 Å². The predicted molar refractivity (Wildman–Crippen MR) is 134 cm³/mol. The molecule has 2 aromatic heterocycles. The van der Waals surface area contributed by atoms with Crippen LogP contribution in [0, 0.1) is 0 Å². The Morgan fingerprint density at radius 3 is 2.63 bits per heavy atom. The lowest BCUT2D eigenvalue weighted by molar-refractivity contribution is 0.0839. The molecule has 6 rings (SSSR count). The average Bonchev–Trinajstić information content (AvgIpc) is 3.64. The molecule has 0 bridgehead atoms. The van der Waals surface area contributed by atoms with Crippen molar-refractivity contribution >= 4 is 26.5 Å². The van der Waals surface area contributed by atoms with Gasteiger partial charge in [-0.1, -0.05) is 12.1 Å². The van der Waals surface area contributed by atoms with Crippen molar-refractivity contribution in [3.8, 4) is 11.5 Å². The lowest BCUT2D eigenvalue weighted by Gasteiger charge is -2.24. The summed E-state index contributed by atoms with van der Waals surface area (Å²) in [5, 5.41) is 5.88. The number of pyridine rings is 1. The number of hydrogen-bond donors (Lipinski definition) is 0. The highest BCUT2D eigenvalue weighted by Gasteiger charge is 2.30. The Bertz CT molecular complexity index is 1390. The first-order chi connectivity index (χ1) is 17.0. The van der Waals surface area contributed by atoms with E-state index in [0.29, 0.717) is 31.5 Å². The summed E-state index contributed by atoms with van der Waals surface area (Å²) in [7, 11) is -3.17. The largest absolute Gasteiger partial charge is 0.453 e. The van der Waals surface area contributed by atoms with Gasteiger partial charge in [0.25, 0.3) is 0 Å². The van der Waals surface area contributed by atoms with E-state index in [0.717, 1.165) is 65.3 Å². The highest BCUT2D eigenvalue weighted by molar-refractivity contribution is 7.88. The standard InChI is InChI=1S/C26H30N4O4S/c1-35(31,32)29-12-7-18(8-13-29)20-2-5-22-23(16-20)27-11-6-24(22)34-25-17-30(21-3-4-21)28-26(25)19-9-14-33-15-10-19/h2,5-7,11,16-17,19,21H,3-4,8-10,12-15H2,1H3. The average molecular weight is 495 g/mol. The van der Waals surface area contributed by atoms with Crippen LogP contribution in [0.4, 0.5) is 0 Å². The lowest BCUT2D eigenvalue weighted by Crippen LogP contribution is -2.33. The Morgan fingerprint density at radius 2 is 1.91 bits per heavy atom. The molecule has 1 aromatic carbocycles. The summed E-state index contributed by atoms with van der Waals surface area (Å²) in [6.07, 6.45) is 12.1. The molecule has 0 radical (unpaired) electrons. The zero-order valence-corrected chi connectivity index (χ0v) is 20.7. The van der Waals surface area contributed by atoms with Crippen molar-refractivity contribution < 1.29 is 17.9 Å². The van der Waals surface area contributed by atoms with E-state index in [1.54, 1.807) is 6.20 Å². The van der Waals surface area contributed by atoms with Crippen molar-refractivity contribution in [2.75, 3.05) is 32.6 Å². The van der Waals surface area contributed by atoms with E-state index >= 15 is 0 Å². The maximum Gasteiger partial charge on any atom is 0.211 e. The maximum atomic E-state index is 11.8. The molecule has 35 heavy (non-hydrogen) atoms. The van der Waals surface area contributed by atoms with Crippen LogP contribution >= 0.6 is 0 Å². The van der Waals surface area contributed by atoms with Crippen molar-refractivity contribution in [3.05, 3.63) is 54.0 Å². The van der Waals surface area contributed by atoms with Gasteiger partial charge in [0.1, 0.15) is 11.4 Å². The molecule has 184 valence electrons. The van der Waals surface area contributed by atoms with E-state index < -0.39 is 10.0 Å². The molecule has 0 spiro atoms. The molecule has 4 heterocycles. The van der Waals surface area contributed by atoms with E-state index in [9.17, 15) is 8.42 Å². The van der Waals surface area contributed by atoms with Crippen LogP contribution in [0.1, 0.15) is 55.3 Å². The second kappa shape index (κ2) is 9.04. The van der Waals surface area contributed by atoms with E-state index in [4.69, 9.17) is 14.6 Å². The highest BCUT2D eigenvalue weighted by atomic mass is 32.2. The number of benzene rings is 1. The molecule has 9 heteroatoms. The van der Waals surface area contributed by atoms with Crippen molar-refractivity contribution in [1.82, 2.24) is 19.1 Å². The number of rotatable bonds is 6. The van der Waals surface area contributed by atoms with E-state index in [2.05, 4.69) is 34.1 Å². The monoisotopic (exact) mass is 494 g/mol. The third kappa shape index (κ3) is 4.72. The second-order valence-corrected chi connectivity index (χ2v) is 11.7. The van der Waals surface area contributed by atoms with Gasteiger partial charge in [0.05, 0.1) is 24.0 Å². The van der Waals surface area contributed by atoms with E-state index in [1.807, 2.05) is 12.1 Å². The van der Waals surface area contributed by atoms with Crippen LogP contribution in [0.25, 0.3) is 16.5 Å². The minimum atomic E-state index is -3.17. The second-order valence-electron chi connectivity index (χ2n) is 9.72. The van der Waals surface area contributed by atoms with Crippen molar-refractivity contribution in [1.29, 1.82) is 0 Å². The van der Waals surface area contributed by atoms with Gasteiger partial charge in [-0.15, -0.1) is 0 Å². The molecule has 2 aliphatic heterocycles. The summed E-state index contributed by atoms with van der Waals surface area (Å²) in [4.78, 5) is 4.60. The molecule has 0 N–H and O–H groups in total. The van der Waals surface area contributed by atoms with Gasteiger partial charge in [-0.05, 0) is 61.4 Å². The quantitative estimate of drug-likeness (QED) is 0.502. The van der Waals surface area contributed by atoms with Gasteiger partial charge in [0, 0.05) is 43.8 Å². The number of hydrogen-bond acceptors (Lipinski definition) is 6. The van der Waals surface area contributed by atoms with Gasteiger partial charge in [0.2, 0.25) is 10.0 Å². The molecular weight excluding hydrogens is 464 g/mol. The molecule has 1 saturated carbocycles. The Morgan fingerprint density at radius 1 is 1.09 bits per heavy atom. The third-order valence-electron chi connectivity index (χ3n) is 7.19. The molecule has 1 saturated heterocycles. The number of nitrogens with zero attached hydrogens (tertiary/aromatic N) is 4. The van der Waals surface area contributed by atoms with E-state index in [-0.39, 0.29) is 0 Å². The summed E-state index contributed by atoms with van der Waals surface area (Å²) < 4.78 is 39.3. The van der Waals surface area contributed by atoms with Gasteiger partial charge in [0.15, 0.2) is 5.75 Å². The first kappa shape index (κ1) is 22.7. The molecule has 0 amide bonds. The molecule has 0 unspecified atom stereocenters. The Kier molecular flexibility index (Phi) is 5.86. The minimum Gasteiger partial charge on any atom is -0.453 e. The Balaban J connectivity index is 1.29. The van der Waals surface area contributed by atoms with Crippen molar-refractivity contribution in [3.63, 3.8) is 0 Å². The van der Waals surface area contributed by atoms with Crippen LogP contribution in [-0.2, 0) is 14.8 Å². The molecular formula is C26H30N4O4S. The fraction of sp³-hybridized carbons (Fsp3) is 0.462. The van der Waals surface area contributed by atoms with Crippen LogP contribution in [0.3, 0.4) is 0 Å². The van der Waals surface area contributed by atoms with Gasteiger partial charge in [-0.3, -0.25) is 9.67 Å². The Hall–Kier alpha value is -2.75. The number of ether oxygens (including phenoxy) is 2. The normalized spacial score (nSPS) is 20.2. The molecule has 2 fully saturated rings. The fourth-order valence-corrected chi connectivity index (χ4v) is 5.76. The van der Waals surface area contributed by atoms with Gasteiger partial charge < -0.3 is 9.47 Å². The predicted octanol–water partition coefficient (Wildman–Crippen LogP) is 4.50. The SMILES string of the molecule is CS(=O)(=O)N1CC=C(c2ccc3c(Oc4cn(C5CC5)nc4C4CCOCC4)ccnc3c2)CC1. The van der Waals surface area contributed by atoms with Crippen LogP contribution in [0.5, 0.6) is 11.5 Å². The number of fused-ring (bicyclic) bond motifs is 1. The number of aromatic nitrogens is 3. The lowest BCUT2D eigenvalue weighted by atomic mass is 9.96. The van der Waals surface area contributed by atoms with Crippen molar-refractivity contribution in [2.45, 2.75) is 44.1 Å². The number of sulfonamides is 1. The first-order valence-corrected chi connectivity index (χ1v) is 14.2. The topological polar surface area (TPSA) is 86.6 Å². The minimum absolute atomic E-state index is 0.350. The van der Waals surface area contributed by atoms with Crippen LogP contribution in [-0.4, -0.2) is 60.0 Å². The summed E-state index contributed by atoms with van der Waals surface area (Å²) >= 11 is 0. The van der Waals surface area contributed by atoms with Crippen LogP contribution < -0.4 is 4.74 Å². The summed E-state index contributed by atoms with van der Waals surface area (Å²) in [6.45, 7) is 2.43. The van der Waals surface area contributed by atoms with Crippen LogP contribution in [0.2, 0.25) is 0 Å². The molecule has 3 aromatic rings. The summed E-state index contributed by atoms with van der Waals surface area (Å²) in [5.41, 5.74) is 4.10. The highest BCUT2D eigenvalue weighted by Crippen LogP contribution is 2.41. The zero-order chi connectivity index (χ0) is 24.0. The summed E-state index contributed by atoms with van der Waals surface area (Å²) in [6, 6.07) is 8.60. The smallest absolute Gasteiger partial charge is 0.211 e. The molecule has 3 aliphatic rings. The summed E-state index contributed by atoms with van der Waals surface area (Å²) in [5.74, 6) is 1.95. The van der Waals surface area contributed by atoms with Crippen molar-refractivity contribution in [2.24, 2.45) is 0 Å². The molecule has 0 atom stereocenters. The zero-order valence-electron chi connectivity index (χ0n) is 19.9. The molecule has 8 nitrogen and oxygen atoms in total.